The Bertz CT molecular complexity index is 187. The van der Waals surface area contributed by atoms with Gasteiger partial charge in [0, 0.05) is 13.1 Å². The summed E-state index contributed by atoms with van der Waals surface area (Å²) in [5.41, 5.74) is 0. The van der Waals surface area contributed by atoms with E-state index in [1.807, 2.05) is 24.8 Å². The molecule has 1 fully saturated rings. The van der Waals surface area contributed by atoms with Crippen LogP contribution in [0.25, 0.3) is 0 Å². The zero-order chi connectivity index (χ0) is 8.27. The number of hydrogen-bond acceptors (Lipinski definition) is 3. The Balaban J connectivity index is 2.63. The maximum absolute atomic E-state index is 10.8. The van der Waals surface area contributed by atoms with Gasteiger partial charge in [0.1, 0.15) is 0 Å². The minimum Gasteiger partial charge on any atom is -0.410 e. The maximum atomic E-state index is 10.8. The summed E-state index contributed by atoms with van der Waals surface area (Å²) in [6, 6.07) is 0. The van der Waals surface area contributed by atoms with E-state index in [4.69, 9.17) is 4.74 Å². The summed E-state index contributed by atoms with van der Waals surface area (Å²) >= 11 is 0. The zero-order valence-electron chi connectivity index (χ0n) is 6.96. The predicted molar refractivity (Wildman–Crippen MR) is 41.7 cm³/mol. The van der Waals surface area contributed by atoms with Crippen molar-refractivity contribution >= 4 is 5.97 Å². The fraction of sp³-hybridized carbons (Fsp3) is 0.625. The van der Waals surface area contributed by atoms with E-state index in [1.165, 1.54) is 0 Å². The molecule has 1 rings (SSSR count). The summed E-state index contributed by atoms with van der Waals surface area (Å²) in [6.07, 6.45) is 2.33. The smallest absolute Gasteiger partial charge is 0.314 e. The SMILES string of the molecule is C/C=C1\OC(=O)CCN1CC. The molecule has 0 bridgehead atoms. The van der Waals surface area contributed by atoms with Crippen LogP contribution in [0.3, 0.4) is 0 Å². The van der Waals surface area contributed by atoms with E-state index in [-0.39, 0.29) is 5.97 Å². The number of rotatable bonds is 1. The Kier molecular flexibility index (Phi) is 2.52. The summed E-state index contributed by atoms with van der Waals surface area (Å²) in [4.78, 5) is 12.8. The van der Waals surface area contributed by atoms with Crippen molar-refractivity contribution in [2.75, 3.05) is 13.1 Å². The zero-order valence-corrected chi connectivity index (χ0v) is 6.96. The molecule has 0 aromatic heterocycles. The van der Waals surface area contributed by atoms with Crippen molar-refractivity contribution in [3.63, 3.8) is 0 Å². The number of nitrogens with zero attached hydrogens (tertiary/aromatic N) is 1. The van der Waals surface area contributed by atoms with Crippen molar-refractivity contribution in [3.05, 3.63) is 12.0 Å². The second-order valence-electron chi connectivity index (χ2n) is 2.43. The fourth-order valence-corrected chi connectivity index (χ4v) is 1.12. The molecule has 3 heteroatoms. The molecule has 0 aliphatic carbocycles. The molecule has 1 saturated heterocycles. The Morgan fingerprint density at radius 2 is 2.45 bits per heavy atom. The molecule has 0 spiro atoms. The van der Waals surface area contributed by atoms with Crippen LogP contribution in [0.5, 0.6) is 0 Å². The van der Waals surface area contributed by atoms with Crippen molar-refractivity contribution < 1.29 is 9.53 Å². The van der Waals surface area contributed by atoms with Gasteiger partial charge in [0.15, 0.2) is 5.88 Å². The second kappa shape index (κ2) is 3.42. The quantitative estimate of drug-likeness (QED) is 0.531. The first kappa shape index (κ1) is 8.11. The van der Waals surface area contributed by atoms with Gasteiger partial charge in [-0.1, -0.05) is 0 Å². The number of esters is 1. The van der Waals surface area contributed by atoms with Gasteiger partial charge in [-0.3, -0.25) is 4.79 Å². The first-order valence-corrected chi connectivity index (χ1v) is 3.90. The third-order valence-electron chi connectivity index (χ3n) is 1.74. The van der Waals surface area contributed by atoms with Crippen molar-refractivity contribution in [1.82, 2.24) is 4.90 Å². The molecule has 3 nitrogen and oxygen atoms in total. The minimum atomic E-state index is -0.122. The summed E-state index contributed by atoms with van der Waals surface area (Å²) in [6.45, 7) is 5.60. The lowest BCUT2D eigenvalue weighted by atomic mass is 10.3. The molecule has 0 aromatic rings. The van der Waals surface area contributed by atoms with E-state index < -0.39 is 0 Å². The van der Waals surface area contributed by atoms with Gasteiger partial charge in [-0.15, -0.1) is 0 Å². The average Bonchev–Trinajstić information content (AvgIpc) is 2.04. The van der Waals surface area contributed by atoms with E-state index in [2.05, 4.69) is 0 Å². The molecule has 0 unspecified atom stereocenters. The van der Waals surface area contributed by atoms with Crippen molar-refractivity contribution in [3.8, 4) is 0 Å². The van der Waals surface area contributed by atoms with Gasteiger partial charge in [0.2, 0.25) is 0 Å². The third kappa shape index (κ3) is 1.73. The predicted octanol–water partition coefficient (Wildman–Crippen LogP) is 1.12. The molecular weight excluding hydrogens is 142 g/mol. The van der Waals surface area contributed by atoms with E-state index in [9.17, 15) is 4.79 Å². The molecule has 0 N–H and O–H groups in total. The number of ether oxygens (including phenoxy) is 1. The second-order valence-corrected chi connectivity index (χ2v) is 2.43. The standard InChI is InChI=1S/C8H13NO2/c1-3-7-9(4-2)6-5-8(10)11-7/h3H,4-6H2,1-2H3/b7-3-. The highest BCUT2D eigenvalue weighted by atomic mass is 16.6. The minimum absolute atomic E-state index is 0.122. The van der Waals surface area contributed by atoms with Crippen molar-refractivity contribution in [2.24, 2.45) is 0 Å². The van der Waals surface area contributed by atoms with Gasteiger partial charge in [-0.05, 0) is 19.9 Å². The van der Waals surface area contributed by atoms with Gasteiger partial charge in [0.05, 0.1) is 6.42 Å². The van der Waals surface area contributed by atoms with Gasteiger partial charge in [-0.25, -0.2) is 0 Å². The summed E-state index contributed by atoms with van der Waals surface area (Å²) in [7, 11) is 0. The molecular formula is C8H13NO2. The van der Waals surface area contributed by atoms with Crippen LogP contribution in [-0.2, 0) is 9.53 Å². The van der Waals surface area contributed by atoms with E-state index in [0.29, 0.717) is 12.3 Å². The monoisotopic (exact) mass is 155 g/mol. The first-order valence-electron chi connectivity index (χ1n) is 3.90. The number of cyclic esters (lactones) is 1. The lowest BCUT2D eigenvalue weighted by molar-refractivity contribution is -0.146. The van der Waals surface area contributed by atoms with Crippen LogP contribution in [-0.4, -0.2) is 24.0 Å². The molecule has 0 saturated carbocycles. The topological polar surface area (TPSA) is 29.5 Å². The fourth-order valence-electron chi connectivity index (χ4n) is 1.12. The normalized spacial score (nSPS) is 22.2. The highest BCUT2D eigenvalue weighted by Crippen LogP contribution is 2.13. The molecule has 0 radical (unpaired) electrons. The van der Waals surface area contributed by atoms with Gasteiger partial charge >= 0.3 is 5.97 Å². The van der Waals surface area contributed by atoms with Crippen LogP contribution >= 0.6 is 0 Å². The van der Waals surface area contributed by atoms with Crippen LogP contribution in [0.15, 0.2) is 12.0 Å². The maximum Gasteiger partial charge on any atom is 0.314 e. The first-order chi connectivity index (χ1) is 5.27. The number of carbonyl (C=O) groups is 1. The highest BCUT2D eigenvalue weighted by molar-refractivity contribution is 5.71. The van der Waals surface area contributed by atoms with Crippen molar-refractivity contribution in [2.45, 2.75) is 20.3 Å². The third-order valence-corrected chi connectivity index (χ3v) is 1.74. The summed E-state index contributed by atoms with van der Waals surface area (Å²) < 4.78 is 4.99. The Labute approximate surface area is 66.6 Å². The number of carbonyl (C=O) groups excluding carboxylic acids is 1. The number of allylic oxidation sites excluding steroid dienone is 1. The van der Waals surface area contributed by atoms with Crippen LogP contribution in [0, 0.1) is 0 Å². The van der Waals surface area contributed by atoms with Gasteiger partial charge in [-0.2, -0.15) is 0 Å². The lowest BCUT2D eigenvalue weighted by Crippen LogP contribution is -2.33. The highest BCUT2D eigenvalue weighted by Gasteiger charge is 2.19. The summed E-state index contributed by atoms with van der Waals surface area (Å²) in [5, 5.41) is 0. The molecule has 1 heterocycles. The van der Waals surface area contributed by atoms with E-state index >= 15 is 0 Å². The van der Waals surface area contributed by atoms with Gasteiger partial charge in [0.25, 0.3) is 0 Å². The average molecular weight is 155 g/mol. The van der Waals surface area contributed by atoms with Gasteiger partial charge < -0.3 is 9.64 Å². The molecule has 0 aromatic carbocycles. The molecule has 62 valence electrons. The Morgan fingerprint density at radius 1 is 1.73 bits per heavy atom. The van der Waals surface area contributed by atoms with Crippen LogP contribution in [0.1, 0.15) is 20.3 Å². The van der Waals surface area contributed by atoms with Crippen LogP contribution < -0.4 is 0 Å². The molecule has 11 heavy (non-hydrogen) atoms. The largest absolute Gasteiger partial charge is 0.410 e. The molecule has 1 aliphatic heterocycles. The molecule has 1 aliphatic rings. The van der Waals surface area contributed by atoms with Crippen molar-refractivity contribution in [1.29, 1.82) is 0 Å². The van der Waals surface area contributed by atoms with Crippen LogP contribution in [0.4, 0.5) is 0 Å². The Hall–Kier alpha value is -0.990. The Morgan fingerprint density at radius 3 is 3.00 bits per heavy atom. The van der Waals surface area contributed by atoms with Crippen LogP contribution in [0.2, 0.25) is 0 Å². The number of hydrogen-bond donors (Lipinski definition) is 0. The van der Waals surface area contributed by atoms with E-state index in [0.717, 1.165) is 13.1 Å². The molecule has 0 atom stereocenters. The van der Waals surface area contributed by atoms with E-state index in [1.54, 1.807) is 0 Å². The lowest BCUT2D eigenvalue weighted by Gasteiger charge is -2.28. The molecule has 0 amide bonds. The summed E-state index contributed by atoms with van der Waals surface area (Å²) in [5.74, 6) is 0.576.